The van der Waals surface area contributed by atoms with E-state index in [1.165, 1.54) is 38.5 Å². The van der Waals surface area contributed by atoms with Crippen LogP contribution in [0.15, 0.2) is 12.2 Å². The van der Waals surface area contributed by atoms with Gasteiger partial charge in [-0.3, -0.25) is 4.79 Å². The molecule has 6 heteroatoms. The molecule has 0 unspecified atom stereocenters. The molecule has 0 aliphatic heterocycles. The molecule has 0 saturated carbocycles. The second-order valence-electron chi connectivity index (χ2n) is 11.9. The lowest BCUT2D eigenvalue weighted by atomic mass is 10.1. The Morgan fingerprint density at radius 3 is 1.06 bits per heavy atom. The molecular formula is C57H104O6. The van der Waals surface area contributed by atoms with Gasteiger partial charge in [0.05, 0.1) is 0 Å². The van der Waals surface area contributed by atoms with E-state index in [1.807, 2.05) is 0 Å². The summed E-state index contributed by atoms with van der Waals surface area (Å²) in [4.78, 5) is 37.1. The highest BCUT2D eigenvalue weighted by molar-refractivity contribution is 5.89. The molecule has 0 bridgehead atoms. The van der Waals surface area contributed by atoms with Gasteiger partial charge in [-0.05, 0) is 212 Å². The zero-order chi connectivity index (χ0) is 45.8. The van der Waals surface area contributed by atoms with Crippen molar-refractivity contribution in [1.29, 1.82) is 0 Å². The average Bonchev–Trinajstić information content (AvgIpc) is 3.28. The quantitative estimate of drug-likeness (QED) is 0.0303. The molecule has 0 atom stereocenters. The number of rotatable bonds is 20. The molecule has 0 N–H and O–H groups in total. The first-order chi connectivity index (χ1) is 31.0. The summed E-state index contributed by atoms with van der Waals surface area (Å²) in [6.07, 6.45) is 18.2. The summed E-state index contributed by atoms with van der Waals surface area (Å²) in [5, 5.41) is 0. The number of ether oxygens (including phenoxy) is 3. The Balaban J connectivity index is -0.0000000442. The molecule has 0 aromatic rings. The highest BCUT2D eigenvalue weighted by atomic mass is 16.6. The SMILES string of the molecule is CC#CC#CC#CC#CC#CC#CC#CC#CC(=O)OCC(COC(=O)C#CC#CC#CC#CC#CC#CC#CC#CC)OC(=O)CCCCCCC/C=C/CCCCCCCC.[HH].[HH].[HH].[HH].[HH].[HH].[HH].[HH].[HH].[HH].[HH].[HH].[HH].[HH].[HH].[HH].[HH].[HH].[HH].[HH].[HH].[HH].[HH].[HH].[HH].[HH].[HH].[HH].[HH].[HH]. The summed E-state index contributed by atoms with van der Waals surface area (Å²) in [5.41, 5.74) is 0. The van der Waals surface area contributed by atoms with E-state index in [0.717, 1.165) is 38.5 Å². The third-order valence-corrected chi connectivity index (χ3v) is 6.95. The number of allylic oxidation sites excluding steroid dienone is 2. The first-order valence-electron chi connectivity index (χ1n) is 20.1. The topological polar surface area (TPSA) is 78.9 Å². The van der Waals surface area contributed by atoms with Crippen molar-refractivity contribution >= 4 is 17.9 Å². The van der Waals surface area contributed by atoms with Crippen LogP contribution in [-0.4, -0.2) is 37.2 Å². The van der Waals surface area contributed by atoms with E-state index in [2.05, 4.69) is 209 Å². The normalized spacial score (nSPS) is 7.49. The number of unbranched alkanes of at least 4 members (excludes halogenated alkanes) is 11. The molecule has 0 heterocycles. The number of carbonyl (C=O) groups is 3. The van der Waals surface area contributed by atoms with Crippen LogP contribution in [-0.2, 0) is 28.6 Å². The van der Waals surface area contributed by atoms with Gasteiger partial charge in [0.15, 0.2) is 6.10 Å². The Bertz CT molecular complexity index is 2570. The van der Waals surface area contributed by atoms with Crippen LogP contribution in [0.1, 0.15) is 153 Å². The monoisotopic (exact) mass is 885 g/mol. The minimum absolute atomic E-state index is 0. The van der Waals surface area contributed by atoms with Crippen LogP contribution in [0, 0.1) is 189 Å². The molecule has 0 aromatic carbocycles. The summed E-state index contributed by atoms with van der Waals surface area (Å²) in [6.45, 7) is 4.70. The fourth-order valence-electron chi connectivity index (χ4n) is 4.15. The highest BCUT2D eigenvalue weighted by Gasteiger charge is 2.18. The van der Waals surface area contributed by atoms with Crippen LogP contribution in [0.2, 0.25) is 0 Å². The Morgan fingerprint density at radius 1 is 0.413 bits per heavy atom. The van der Waals surface area contributed by atoms with Crippen molar-refractivity contribution < 1.29 is 71.4 Å². The highest BCUT2D eigenvalue weighted by Crippen LogP contribution is 2.11. The van der Waals surface area contributed by atoms with Gasteiger partial charge < -0.3 is 14.2 Å². The summed E-state index contributed by atoms with van der Waals surface area (Å²) in [5.74, 6) is 76.2. The van der Waals surface area contributed by atoms with Gasteiger partial charge in [0.25, 0.3) is 0 Å². The average molecular weight is 885 g/mol. The van der Waals surface area contributed by atoms with Crippen molar-refractivity contribution in [2.75, 3.05) is 13.2 Å². The van der Waals surface area contributed by atoms with E-state index in [-0.39, 0.29) is 49.2 Å². The predicted molar refractivity (Wildman–Crippen MR) is 310 cm³/mol. The Labute approximate surface area is 421 Å². The molecule has 0 fully saturated rings. The van der Waals surface area contributed by atoms with Gasteiger partial charge in [0, 0.05) is 61.1 Å². The molecule has 63 heavy (non-hydrogen) atoms. The first-order valence-corrected chi connectivity index (χ1v) is 20.1. The molecule has 0 saturated heterocycles. The molecule has 0 rings (SSSR count). The summed E-state index contributed by atoms with van der Waals surface area (Å²) < 4.78 is 15.7. The van der Waals surface area contributed by atoms with Crippen LogP contribution in [0.3, 0.4) is 0 Å². The molecule has 0 aromatic heterocycles. The third kappa shape index (κ3) is 44.1. The fraction of sp³-hybridized carbons (Fsp3) is 0.351. The van der Waals surface area contributed by atoms with Crippen LogP contribution in [0.5, 0.6) is 0 Å². The molecule has 0 aliphatic rings. The van der Waals surface area contributed by atoms with Crippen LogP contribution >= 0.6 is 0 Å². The Kier molecular flexibility index (Phi) is 39.3. The van der Waals surface area contributed by atoms with E-state index < -0.39 is 37.2 Å². The molecule has 6 nitrogen and oxygen atoms in total. The predicted octanol–water partition coefficient (Wildman–Crippen LogP) is 13.5. The maximum atomic E-state index is 12.6. The minimum atomic E-state index is -1.11. The number of carbonyl (C=O) groups excluding carboxylic acids is 3. The lowest BCUT2D eigenvalue weighted by Gasteiger charge is -2.16. The van der Waals surface area contributed by atoms with Crippen molar-refractivity contribution in [3.8, 4) is 189 Å². The van der Waals surface area contributed by atoms with E-state index in [0.29, 0.717) is 6.42 Å². The molecule has 0 amide bonds. The number of esters is 3. The standard InChI is InChI=1S/C57H44O6.30H2/c1-4-7-10-13-16-19-22-25-28-31-34-37-40-43-46-49-55(58)61-52-54(63-57(60)51-48-45-42-39-36-33-30-27-24-21-18-15-12-9-6-3)53-62-56(59)50-47-44-41-38-35-32-29-26-23-20-17-14-11-8-5-2;;;;;;;;;;;;;;;;;;;;;;;;;;;;;;/h27,30,54H,6,9,12,15,18,21,24,33,36,39,42,45,48,51-53H2,1-3H3;30*1H/b30-27+;;;;;;;;;;;;;;;;;;;;;;;;;;;;;;. The smallest absolute Gasteiger partial charge is 0.385 e. The second-order valence-corrected chi connectivity index (χ2v) is 11.9. The maximum Gasteiger partial charge on any atom is 0.385 e. The van der Waals surface area contributed by atoms with Crippen molar-refractivity contribution in [3.63, 3.8) is 0 Å². The van der Waals surface area contributed by atoms with E-state index >= 15 is 0 Å². The van der Waals surface area contributed by atoms with Crippen molar-refractivity contribution in [2.24, 2.45) is 0 Å². The fourth-order valence-corrected chi connectivity index (χ4v) is 4.15. The Hall–Kier alpha value is -8.89. The van der Waals surface area contributed by atoms with Crippen molar-refractivity contribution in [2.45, 2.75) is 117 Å². The van der Waals surface area contributed by atoms with Crippen LogP contribution in [0.4, 0.5) is 0 Å². The van der Waals surface area contributed by atoms with Gasteiger partial charge >= 0.3 is 17.9 Å². The molecule has 0 spiro atoms. The first kappa shape index (κ1) is 54.1. The van der Waals surface area contributed by atoms with E-state index in [4.69, 9.17) is 14.2 Å². The summed E-state index contributed by atoms with van der Waals surface area (Å²) >= 11 is 0. The molecule has 368 valence electrons. The van der Waals surface area contributed by atoms with Gasteiger partial charge in [-0.1, -0.05) is 82.3 Å². The maximum absolute atomic E-state index is 12.6. The zero-order valence-corrected chi connectivity index (χ0v) is 36.0. The number of hydrogen-bond acceptors (Lipinski definition) is 6. The van der Waals surface area contributed by atoms with Gasteiger partial charge in [-0.25, -0.2) is 9.59 Å². The van der Waals surface area contributed by atoms with Crippen LogP contribution in [0.25, 0.3) is 0 Å². The number of hydrogen-bond donors (Lipinski definition) is 0. The minimum Gasteiger partial charge on any atom is -0.455 e. The van der Waals surface area contributed by atoms with E-state index in [1.54, 1.807) is 13.8 Å². The van der Waals surface area contributed by atoms with Gasteiger partial charge in [-0.15, -0.1) is 0 Å². The molecule has 0 radical (unpaired) electrons. The second kappa shape index (κ2) is 45.8. The lowest BCUT2D eigenvalue weighted by molar-refractivity contribution is -0.163. The van der Waals surface area contributed by atoms with Crippen LogP contribution < -0.4 is 0 Å². The van der Waals surface area contributed by atoms with Gasteiger partial charge in [0.1, 0.15) is 13.2 Å². The molecule has 0 aliphatic carbocycles. The third-order valence-electron chi connectivity index (χ3n) is 6.95. The van der Waals surface area contributed by atoms with Gasteiger partial charge in [0.2, 0.25) is 0 Å². The van der Waals surface area contributed by atoms with Crippen molar-refractivity contribution in [3.05, 3.63) is 12.2 Å². The molecular weight excluding hydrogens is 781 g/mol. The lowest BCUT2D eigenvalue weighted by Crippen LogP contribution is -2.30. The van der Waals surface area contributed by atoms with Gasteiger partial charge in [-0.2, -0.15) is 0 Å². The summed E-state index contributed by atoms with van der Waals surface area (Å²) in [6, 6.07) is 0. The largest absolute Gasteiger partial charge is 0.455 e. The zero-order valence-electron chi connectivity index (χ0n) is 36.0. The Morgan fingerprint density at radius 2 is 0.714 bits per heavy atom. The van der Waals surface area contributed by atoms with Crippen molar-refractivity contribution in [1.82, 2.24) is 0 Å². The summed E-state index contributed by atoms with van der Waals surface area (Å²) in [7, 11) is 0. The van der Waals surface area contributed by atoms with E-state index in [9.17, 15) is 14.4 Å².